The Balaban J connectivity index is 1.30. The molecule has 0 radical (unpaired) electrons. The van der Waals surface area contributed by atoms with Gasteiger partial charge >= 0.3 is 0 Å². The molecule has 0 fully saturated rings. The van der Waals surface area contributed by atoms with Crippen LogP contribution < -0.4 is 14.8 Å². The summed E-state index contributed by atoms with van der Waals surface area (Å²) in [5, 5.41) is 8.28. The van der Waals surface area contributed by atoms with Gasteiger partial charge in [-0.25, -0.2) is 9.50 Å². The summed E-state index contributed by atoms with van der Waals surface area (Å²) in [6, 6.07) is 22.6. The third-order valence-corrected chi connectivity index (χ3v) is 6.02. The second kappa shape index (κ2) is 9.13. The number of anilines is 1. The second-order valence-corrected chi connectivity index (χ2v) is 8.19. The number of hydrogen-bond donors (Lipinski definition) is 1. The maximum absolute atomic E-state index is 12.9. The van der Waals surface area contributed by atoms with Gasteiger partial charge in [-0.2, -0.15) is 5.10 Å². The number of carbonyl (C=O) groups excluding carboxylic acids is 1. The molecular weight excluding hydrogens is 436 g/mol. The van der Waals surface area contributed by atoms with Crippen molar-refractivity contribution in [1.29, 1.82) is 0 Å². The lowest BCUT2D eigenvalue weighted by Gasteiger charge is -2.12. The van der Waals surface area contributed by atoms with E-state index in [9.17, 15) is 4.79 Å². The molecule has 3 aromatic carbocycles. The van der Waals surface area contributed by atoms with Crippen molar-refractivity contribution in [3.8, 4) is 22.1 Å². The lowest BCUT2D eigenvalue weighted by Crippen LogP contribution is -2.12. The normalized spacial score (nSPS) is 10.8. The quantitative estimate of drug-likeness (QED) is 0.360. The molecular formula is C25H20N4O3S. The van der Waals surface area contributed by atoms with Gasteiger partial charge in [0.15, 0.2) is 0 Å². The van der Waals surface area contributed by atoms with Crippen molar-refractivity contribution in [1.82, 2.24) is 14.6 Å². The van der Waals surface area contributed by atoms with Gasteiger partial charge in [-0.15, -0.1) is 0 Å². The fraction of sp³-hybridized carbons (Fsp3) is 0.0800. The topological polar surface area (TPSA) is 77.8 Å². The summed E-state index contributed by atoms with van der Waals surface area (Å²) in [6.45, 7) is 0.470. The lowest BCUT2D eigenvalue weighted by molar-refractivity contribution is 0.102. The number of aromatic nitrogens is 3. The van der Waals surface area contributed by atoms with E-state index in [-0.39, 0.29) is 5.91 Å². The maximum Gasteiger partial charge on any atom is 0.255 e. The number of fused-ring (bicyclic) bond motifs is 1. The summed E-state index contributed by atoms with van der Waals surface area (Å²) in [6.07, 6.45) is 3.51. The first-order valence-corrected chi connectivity index (χ1v) is 11.1. The predicted octanol–water partition coefficient (Wildman–Crippen LogP) is 5.30. The Hall–Kier alpha value is -4.17. The molecule has 164 valence electrons. The Bertz CT molecular complexity index is 1370. The Morgan fingerprint density at radius 3 is 2.64 bits per heavy atom. The van der Waals surface area contributed by atoms with Crippen molar-refractivity contribution < 1.29 is 14.3 Å². The van der Waals surface area contributed by atoms with Crippen LogP contribution in [0.2, 0.25) is 0 Å². The zero-order valence-corrected chi connectivity index (χ0v) is 18.6. The molecule has 0 unspecified atom stereocenters. The molecule has 0 atom stereocenters. The van der Waals surface area contributed by atoms with E-state index in [1.165, 1.54) is 11.3 Å². The van der Waals surface area contributed by atoms with Crippen LogP contribution in [0.5, 0.6) is 11.5 Å². The number of hydrogen-bond acceptors (Lipinski definition) is 6. The lowest BCUT2D eigenvalue weighted by atomic mass is 10.1. The molecule has 7 nitrogen and oxygen atoms in total. The smallest absolute Gasteiger partial charge is 0.255 e. The van der Waals surface area contributed by atoms with Gasteiger partial charge in [0.2, 0.25) is 4.96 Å². The molecule has 0 spiro atoms. The van der Waals surface area contributed by atoms with Gasteiger partial charge in [0.25, 0.3) is 5.91 Å². The van der Waals surface area contributed by atoms with E-state index >= 15 is 0 Å². The molecule has 2 aromatic heterocycles. The first-order valence-electron chi connectivity index (χ1n) is 10.3. The number of carbonyl (C=O) groups is 1. The molecule has 1 amide bonds. The van der Waals surface area contributed by atoms with Gasteiger partial charge < -0.3 is 14.8 Å². The summed E-state index contributed by atoms with van der Waals surface area (Å²) in [5.41, 5.74) is 3.03. The number of ether oxygens (including phenoxy) is 2. The van der Waals surface area contributed by atoms with Gasteiger partial charge in [-0.1, -0.05) is 41.7 Å². The van der Waals surface area contributed by atoms with Crippen molar-refractivity contribution in [3.05, 3.63) is 96.3 Å². The first-order chi connectivity index (χ1) is 16.2. The first kappa shape index (κ1) is 20.7. The van der Waals surface area contributed by atoms with Crippen LogP contribution in [-0.4, -0.2) is 27.6 Å². The van der Waals surface area contributed by atoms with Gasteiger partial charge in [-0.05, 0) is 48.0 Å². The van der Waals surface area contributed by atoms with E-state index in [1.54, 1.807) is 48.3 Å². The number of benzene rings is 3. The molecule has 1 N–H and O–H groups in total. The van der Waals surface area contributed by atoms with Crippen LogP contribution in [0.15, 0.2) is 85.2 Å². The largest absolute Gasteiger partial charge is 0.495 e. The van der Waals surface area contributed by atoms with Crippen LogP contribution in [0.3, 0.4) is 0 Å². The number of rotatable bonds is 7. The maximum atomic E-state index is 12.9. The van der Waals surface area contributed by atoms with Gasteiger partial charge in [0.1, 0.15) is 23.1 Å². The minimum absolute atomic E-state index is 0.242. The Morgan fingerprint density at radius 2 is 1.88 bits per heavy atom. The molecule has 0 aliphatic carbocycles. The van der Waals surface area contributed by atoms with Gasteiger partial charge in [0, 0.05) is 17.3 Å². The third-order valence-electron chi connectivity index (χ3n) is 5.03. The van der Waals surface area contributed by atoms with E-state index in [1.807, 2.05) is 48.5 Å². The van der Waals surface area contributed by atoms with Crippen molar-refractivity contribution in [2.24, 2.45) is 0 Å². The number of amides is 1. The van der Waals surface area contributed by atoms with Crippen molar-refractivity contribution in [2.45, 2.75) is 6.61 Å². The second-order valence-electron chi connectivity index (χ2n) is 7.23. The summed E-state index contributed by atoms with van der Waals surface area (Å²) >= 11 is 1.47. The minimum atomic E-state index is -0.242. The highest BCUT2D eigenvalue weighted by Gasteiger charge is 2.14. The molecule has 5 rings (SSSR count). The van der Waals surface area contributed by atoms with E-state index in [0.717, 1.165) is 21.1 Å². The number of methoxy groups -OCH3 is 1. The van der Waals surface area contributed by atoms with Crippen LogP contribution in [0.25, 0.3) is 15.5 Å². The predicted molar refractivity (Wildman–Crippen MR) is 128 cm³/mol. The highest BCUT2D eigenvalue weighted by molar-refractivity contribution is 7.19. The fourth-order valence-corrected chi connectivity index (χ4v) is 4.19. The number of nitrogens with zero attached hydrogens (tertiary/aromatic N) is 3. The standard InChI is InChI=1S/C25H20N4O3S/c1-31-22-12-9-19(24-28-29-14-13-26-25(29)33-24)15-21(22)27-23(30)18-7-10-20(11-8-18)32-16-17-5-3-2-4-6-17/h2-15H,16H2,1H3,(H,27,30). The van der Waals surface area contributed by atoms with Crippen LogP contribution in [0.4, 0.5) is 5.69 Å². The molecule has 5 aromatic rings. The molecule has 0 bridgehead atoms. The van der Waals surface area contributed by atoms with Crippen LogP contribution >= 0.6 is 11.3 Å². The highest BCUT2D eigenvalue weighted by Crippen LogP contribution is 2.33. The van der Waals surface area contributed by atoms with E-state index < -0.39 is 0 Å². The molecule has 2 heterocycles. The fourth-order valence-electron chi connectivity index (χ4n) is 3.33. The summed E-state index contributed by atoms with van der Waals surface area (Å²) < 4.78 is 13.0. The average Bonchev–Trinajstić information content (AvgIpc) is 3.46. The highest BCUT2D eigenvalue weighted by atomic mass is 32.1. The summed E-state index contributed by atoms with van der Waals surface area (Å²) in [5.74, 6) is 1.02. The van der Waals surface area contributed by atoms with E-state index in [4.69, 9.17) is 9.47 Å². The van der Waals surface area contributed by atoms with Crippen LogP contribution in [-0.2, 0) is 6.61 Å². The van der Waals surface area contributed by atoms with E-state index in [2.05, 4.69) is 15.4 Å². The summed E-state index contributed by atoms with van der Waals surface area (Å²) in [7, 11) is 1.57. The number of nitrogens with one attached hydrogen (secondary N) is 1. The molecule has 8 heteroatoms. The monoisotopic (exact) mass is 456 g/mol. The minimum Gasteiger partial charge on any atom is -0.495 e. The molecule has 0 aliphatic heterocycles. The Morgan fingerprint density at radius 1 is 1.06 bits per heavy atom. The zero-order chi connectivity index (χ0) is 22.6. The zero-order valence-electron chi connectivity index (χ0n) is 17.8. The Kier molecular flexibility index (Phi) is 5.73. The molecule has 33 heavy (non-hydrogen) atoms. The third kappa shape index (κ3) is 4.56. The molecule has 0 aliphatic rings. The molecule has 0 saturated carbocycles. The number of imidazole rings is 1. The van der Waals surface area contributed by atoms with Crippen molar-refractivity contribution >= 4 is 27.9 Å². The van der Waals surface area contributed by atoms with Crippen LogP contribution in [0.1, 0.15) is 15.9 Å². The van der Waals surface area contributed by atoms with E-state index in [0.29, 0.717) is 29.4 Å². The van der Waals surface area contributed by atoms with Gasteiger partial charge in [-0.3, -0.25) is 4.79 Å². The van der Waals surface area contributed by atoms with Crippen LogP contribution in [0, 0.1) is 0 Å². The SMILES string of the molecule is COc1ccc(-c2nn3ccnc3s2)cc1NC(=O)c1ccc(OCc2ccccc2)cc1. The summed E-state index contributed by atoms with van der Waals surface area (Å²) in [4.78, 5) is 18.0. The average molecular weight is 457 g/mol. The molecule has 0 saturated heterocycles. The van der Waals surface area contributed by atoms with Crippen molar-refractivity contribution in [2.75, 3.05) is 12.4 Å². The Labute approximate surface area is 194 Å². The van der Waals surface area contributed by atoms with Crippen molar-refractivity contribution in [3.63, 3.8) is 0 Å². The van der Waals surface area contributed by atoms with Gasteiger partial charge in [0.05, 0.1) is 19.0 Å².